The number of para-hydroxylation sites is 1. The van der Waals surface area contributed by atoms with E-state index in [9.17, 15) is 4.79 Å². The number of benzene rings is 4. The fourth-order valence-corrected chi connectivity index (χ4v) is 7.09. The first kappa shape index (κ1) is 26.5. The van der Waals surface area contributed by atoms with Crippen molar-refractivity contribution in [3.63, 3.8) is 0 Å². The van der Waals surface area contributed by atoms with E-state index in [2.05, 4.69) is 78.6 Å². The monoisotopic (exact) mass is 551 g/mol. The topological polar surface area (TPSA) is 29.5 Å². The van der Waals surface area contributed by atoms with E-state index >= 15 is 0 Å². The fraction of sp³-hybridized carbons (Fsp3) is 0.256. The zero-order valence-electron chi connectivity index (χ0n) is 24.3. The first-order chi connectivity index (χ1) is 20.7. The van der Waals surface area contributed by atoms with Gasteiger partial charge in [0.15, 0.2) is 5.78 Å². The maximum absolute atomic E-state index is 14.1. The predicted molar refractivity (Wildman–Crippen MR) is 172 cm³/mol. The molecule has 0 aromatic heterocycles. The molecule has 0 radical (unpaired) electrons. The Kier molecular flexibility index (Phi) is 7.25. The van der Waals surface area contributed by atoms with Crippen LogP contribution in [0.5, 0.6) is 5.75 Å². The van der Waals surface area contributed by atoms with Crippen molar-refractivity contribution in [3.05, 3.63) is 143 Å². The molecule has 0 bridgehead atoms. The lowest BCUT2D eigenvalue weighted by Gasteiger charge is -2.30. The minimum Gasteiger partial charge on any atom is -0.456 e. The van der Waals surface area contributed by atoms with Gasteiger partial charge in [-0.25, -0.2) is 0 Å². The van der Waals surface area contributed by atoms with Crippen LogP contribution in [-0.4, -0.2) is 18.9 Å². The number of nitrogens with zero attached hydrogens (tertiary/aromatic N) is 1. The van der Waals surface area contributed by atoms with Gasteiger partial charge in [-0.05, 0) is 78.8 Å². The summed E-state index contributed by atoms with van der Waals surface area (Å²) in [6.07, 6.45) is 8.90. The van der Waals surface area contributed by atoms with Crippen LogP contribution in [0.4, 0.5) is 5.69 Å². The number of hydrogen-bond donors (Lipinski definition) is 0. The van der Waals surface area contributed by atoms with Gasteiger partial charge in [-0.3, -0.25) is 4.79 Å². The second-order valence-electron chi connectivity index (χ2n) is 11.8. The summed E-state index contributed by atoms with van der Waals surface area (Å²) in [7, 11) is 0. The molecule has 0 N–H and O–H groups in total. The van der Waals surface area contributed by atoms with E-state index in [0.717, 1.165) is 69.5 Å². The van der Waals surface area contributed by atoms with Gasteiger partial charge in [-0.1, -0.05) is 92.1 Å². The van der Waals surface area contributed by atoms with Crippen LogP contribution in [0, 0.1) is 5.92 Å². The molecular formula is C39H37NO2. The number of rotatable bonds is 6. The lowest BCUT2D eigenvalue weighted by molar-refractivity contribution is 0.103. The Morgan fingerprint density at radius 1 is 0.762 bits per heavy atom. The number of ether oxygens (including phenoxy) is 1. The largest absolute Gasteiger partial charge is 0.456 e. The fourth-order valence-electron chi connectivity index (χ4n) is 7.09. The van der Waals surface area contributed by atoms with E-state index in [1.54, 1.807) is 0 Å². The maximum Gasteiger partial charge on any atom is 0.190 e. The van der Waals surface area contributed by atoms with Crippen LogP contribution in [0.3, 0.4) is 0 Å². The number of carbonyl (C=O) groups is 1. The third kappa shape index (κ3) is 4.87. The number of hydrogen-bond acceptors (Lipinski definition) is 3. The Hall–Kier alpha value is -4.37. The smallest absolute Gasteiger partial charge is 0.190 e. The van der Waals surface area contributed by atoms with E-state index < -0.39 is 0 Å². The van der Waals surface area contributed by atoms with E-state index in [4.69, 9.17) is 4.74 Å². The van der Waals surface area contributed by atoms with Crippen molar-refractivity contribution in [2.45, 2.75) is 44.9 Å². The molecule has 3 aliphatic rings. The molecular weight excluding hydrogens is 514 g/mol. The van der Waals surface area contributed by atoms with Crippen molar-refractivity contribution in [2.24, 2.45) is 5.92 Å². The Morgan fingerprint density at radius 2 is 1.45 bits per heavy atom. The summed E-state index contributed by atoms with van der Waals surface area (Å²) in [6.45, 7) is 4.38. The Bertz CT molecular complexity index is 1660. The van der Waals surface area contributed by atoms with Crippen molar-refractivity contribution in [1.29, 1.82) is 0 Å². The van der Waals surface area contributed by atoms with Crippen molar-refractivity contribution >= 4 is 22.8 Å². The molecule has 42 heavy (non-hydrogen) atoms. The lowest BCUT2D eigenvalue weighted by atomic mass is 9.84. The number of anilines is 1. The molecule has 2 aliphatic carbocycles. The van der Waals surface area contributed by atoms with Crippen LogP contribution < -0.4 is 9.64 Å². The molecule has 1 saturated carbocycles. The predicted octanol–water partition coefficient (Wildman–Crippen LogP) is 9.31. The molecule has 1 heterocycles. The summed E-state index contributed by atoms with van der Waals surface area (Å²) in [4.78, 5) is 16.6. The second-order valence-corrected chi connectivity index (χ2v) is 11.8. The van der Waals surface area contributed by atoms with Crippen LogP contribution in [0.2, 0.25) is 0 Å². The molecule has 1 aliphatic heterocycles. The Balaban J connectivity index is 1.30. The summed E-state index contributed by atoms with van der Waals surface area (Å²) in [5.74, 6) is 2.31. The quantitative estimate of drug-likeness (QED) is 0.224. The van der Waals surface area contributed by atoms with Gasteiger partial charge in [0.1, 0.15) is 11.5 Å². The molecule has 1 fully saturated rings. The number of fused-ring (bicyclic) bond motifs is 2. The van der Waals surface area contributed by atoms with E-state index in [-0.39, 0.29) is 11.7 Å². The standard InChI is InChI=1S/C39H37NO2/c1-2-40(26-27-13-5-3-6-14-27)30-23-21-28(22-24-30)36-25-34(31-17-11-12-20-35(31)42-36)38-37(29-15-7-4-8-16-29)32-18-9-10-19-33(32)39(38)41/h4,7-12,15-25,27,37H,2-3,5-6,13-14,26H2,1H3/b38-34-. The molecule has 4 aromatic carbocycles. The van der Waals surface area contributed by atoms with Crippen LogP contribution in [0.1, 0.15) is 77.6 Å². The molecule has 1 unspecified atom stereocenters. The average Bonchev–Trinajstić information content (AvgIpc) is 3.36. The van der Waals surface area contributed by atoms with E-state index in [1.807, 2.05) is 42.5 Å². The molecule has 3 nitrogen and oxygen atoms in total. The third-order valence-electron chi connectivity index (χ3n) is 9.25. The minimum atomic E-state index is -0.131. The summed E-state index contributed by atoms with van der Waals surface area (Å²) in [5, 5.41) is 0. The van der Waals surface area contributed by atoms with Gasteiger partial charge in [-0.2, -0.15) is 0 Å². The Morgan fingerprint density at radius 3 is 2.21 bits per heavy atom. The van der Waals surface area contributed by atoms with Gasteiger partial charge in [0, 0.05) is 47.0 Å². The number of carbonyl (C=O) groups excluding carboxylic acids is 1. The van der Waals surface area contributed by atoms with Gasteiger partial charge >= 0.3 is 0 Å². The summed E-state index contributed by atoms with van der Waals surface area (Å²) in [5.41, 5.74) is 7.97. The van der Waals surface area contributed by atoms with Crippen LogP contribution in [0.15, 0.2) is 115 Å². The highest BCUT2D eigenvalue weighted by Gasteiger charge is 2.38. The molecule has 0 amide bonds. The maximum atomic E-state index is 14.1. The number of allylic oxidation sites excluding steroid dienone is 3. The Labute approximate surface area is 249 Å². The number of ketones is 1. The highest BCUT2D eigenvalue weighted by molar-refractivity contribution is 6.20. The van der Waals surface area contributed by atoms with Gasteiger partial charge < -0.3 is 9.64 Å². The number of Topliss-reactive ketones (excluding diaryl/α,β-unsaturated/α-hetero) is 1. The third-order valence-corrected chi connectivity index (χ3v) is 9.25. The van der Waals surface area contributed by atoms with Gasteiger partial charge in [0.25, 0.3) is 0 Å². The van der Waals surface area contributed by atoms with Crippen LogP contribution >= 0.6 is 0 Å². The molecule has 0 spiro atoms. The highest BCUT2D eigenvalue weighted by Crippen LogP contribution is 2.48. The lowest BCUT2D eigenvalue weighted by Crippen LogP contribution is -2.30. The van der Waals surface area contributed by atoms with Crippen molar-refractivity contribution in [3.8, 4) is 5.75 Å². The molecule has 0 saturated heterocycles. The van der Waals surface area contributed by atoms with Crippen molar-refractivity contribution in [1.82, 2.24) is 0 Å². The van der Waals surface area contributed by atoms with Gasteiger partial charge in [0.2, 0.25) is 0 Å². The first-order valence-corrected chi connectivity index (χ1v) is 15.5. The molecule has 3 heteroatoms. The molecule has 1 atom stereocenters. The SMILES string of the molecule is CCN(CC1CCCCC1)c1ccc(C2=C/C(=C3/C(=O)c4ccccc4C3c3ccccc3)c3ccccc3O2)cc1. The highest BCUT2D eigenvalue weighted by atomic mass is 16.5. The minimum absolute atomic E-state index is 0.0957. The summed E-state index contributed by atoms with van der Waals surface area (Å²) in [6, 6.07) is 35.3. The molecule has 4 aromatic rings. The summed E-state index contributed by atoms with van der Waals surface area (Å²) < 4.78 is 6.51. The molecule has 210 valence electrons. The molecule has 7 rings (SSSR count). The van der Waals surface area contributed by atoms with Gasteiger partial charge in [-0.15, -0.1) is 0 Å². The van der Waals surface area contributed by atoms with Crippen molar-refractivity contribution in [2.75, 3.05) is 18.0 Å². The van der Waals surface area contributed by atoms with Crippen LogP contribution in [0.25, 0.3) is 11.3 Å². The normalized spacial score (nSPS) is 20.0. The van der Waals surface area contributed by atoms with Crippen molar-refractivity contribution < 1.29 is 9.53 Å². The van der Waals surface area contributed by atoms with Gasteiger partial charge in [0.05, 0.1) is 0 Å². The summed E-state index contributed by atoms with van der Waals surface area (Å²) >= 11 is 0. The zero-order valence-corrected chi connectivity index (χ0v) is 24.3. The van der Waals surface area contributed by atoms with E-state index in [1.165, 1.54) is 37.8 Å². The van der Waals surface area contributed by atoms with Crippen LogP contribution in [-0.2, 0) is 0 Å². The second kappa shape index (κ2) is 11.5. The van der Waals surface area contributed by atoms with E-state index in [0.29, 0.717) is 0 Å². The first-order valence-electron chi connectivity index (χ1n) is 15.5. The average molecular weight is 552 g/mol. The zero-order chi connectivity index (χ0) is 28.5.